The molecule has 0 radical (unpaired) electrons. The van der Waals surface area contributed by atoms with Crippen LogP contribution in [0.4, 0.5) is 0 Å². The van der Waals surface area contributed by atoms with E-state index in [1.165, 1.54) is 11.2 Å². The van der Waals surface area contributed by atoms with Crippen LogP contribution in [0.1, 0.15) is 54.0 Å². The summed E-state index contributed by atoms with van der Waals surface area (Å²) in [6.45, 7) is 0.851. The summed E-state index contributed by atoms with van der Waals surface area (Å²) in [5.74, 6) is -1.28. The molecule has 10 heteroatoms. The standard InChI is InChI=1S/C26H22N6O4/c1-29-13-20(33)16-3-5-18-22-19(26(36)32(25(18)35)10-2-9-30-11-7-27-14-30)6-4-17(21(16)22)23(34)24(29)31-12-8-28-15-31/h3-8,11-12,14-15,24H,2,9-10,13H2,1H3. The monoisotopic (exact) mass is 482 g/mol. The first-order valence-electron chi connectivity index (χ1n) is 11.6. The molecular weight excluding hydrogens is 460 g/mol. The molecule has 0 saturated heterocycles. The van der Waals surface area contributed by atoms with Crippen molar-refractivity contribution in [3.63, 3.8) is 0 Å². The van der Waals surface area contributed by atoms with E-state index in [-0.39, 0.29) is 24.7 Å². The second-order valence-electron chi connectivity index (χ2n) is 9.07. The lowest BCUT2D eigenvalue weighted by Gasteiger charge is -2.32. The Morgan fingerprint density at radius 1 is 0.806 bits per heavy atom. The van der Waals surface area contributed by atoms with E-state index in [2.05, 4.69) is 9.97 Å². The van der Waals surface area contributed by atoms with Gasteiger partial charge < -0.3 is 9.13 Å². The second-order valence-corrected chi connectivity index (χ2v) is 9.07. The van der Waals surface area contributed by atoms with Crippen LogP contribution in [0.3, 0.4) is 0 Å². The Balaban J connectivity index is 1.45. The lowest BCUT2D eigenvalue weighted by Crippen LogP contribution is -2.42. The first kappa shape index (κ1) is 22.1. The number of amides is 2. The highest BCUT2D eigenvalue weighted by Crippen LogP contribution is 2.37. The van der Waals surface area contributed by atoms with Gasteiger partial charge in [0.2, 0.25) is 5.78 Å². The van der Waals surface area contributed by atoms with E-state index in [1.807, 2.05) is 10.8 Å². The Hall–Kier alpha value is -4.44. The fourth-order valence-electron chi connectivity index (χ4n) is 5.22. The topological polar surface area (TPSA) is 110 Å². The minimum atomic E-state index is -0.781. The molecule has 180 valence electrons. The summed E-state index contributed by atoms with van der Waals surface area (Å²) in [6, 6.07) is 6.39. The van der Waals surface area contributed by atoms with E-state index in [0.717, 1.165) is 0 Å². The number of hydrogen-bond donors (Lipinski definition) is 0. The lowest BCUT2D eigenvalue weighted by molar-refractivity contribution is 0.0603. The molecule has 4 heterocycles. The molecule has 2 aromatic carbocycles. The number of carbonyl (C=O) groups excluding carboxylic acids is 4. The molecule has 0 bridgehead atoms. The van der Waals surface area contributed by atoms with E-state index in [1.54, 1.807) is 65.7 Å². The number of hydrogen-bond acceptors (Lipinski definition) is 7. The summed E-state index contributed by atoms with van der Waals surface area (Å²) in [5.41, 5.74) is 1.28. The fraction of sp³-hybridized carbons (Fsp3) is 0.231. The summed E-state index contributed by atoms with van der Waals surface area (Å²) in [7, 11) is 1.71. The van der Waals surface area contributed by atoms with Crippen molar-refractivity contribution in [3.8, 4) is 0 Å². The van der Waals surface area contributed by atoms with Gasteiger partial charge in [-0.3, -0.25) is 29.0 Å². The first-order valence-corrected chi connectivity index (χ1v) is 11.6. The van der Waals surface area contributed by atoms with Gasteiger partial charge in [-0.2, -0.15) is 0 Å². The summed E-state index contributed by atoms with van der Waals surface area (Å²) >= 11 is 0. The van der Waals surface area contributed by atoms with Crippen molar-refractivity contribution in [1.29, 1.82) is 0 Å². The number of likely N-dealkylation sites (N-methyl/N-ethyl adjacent to an activating group) is 1. The number of nitrogens with zero attached hydrogens (tertiary/aromatic N) is 6. The average molecular weight is 483 g/mol. The molecule has 36 heavy (non-hydrogen) atoms. The van der Waals surface area contributed by atoms with Gasteiger partial charge in [-0.15, -0.1) is 0 Å². The van der Waals surface area contributed by atoms with Gasteiger partial charge in [0.15, 0.2) is 11.9 Å². The SMILES string of the molecule is CN1CC(=O)c2ccc3c4c(ccc(c24)C(=O)C1n1ccnc1)C(=O)N(CCCn1ccnc1)C3=O. The first-order chi connectivity index (χ1) is 17.5. The van der Waals surface area contributed by atoms with Crippen LogP contribution in [-0.4, -0.2) is 72.4 Å². The van der Waals surface area contributed by atoms with Crippen LogP contribution in [0.2, 0.25) is 0 Å². The van der Waals surface area contributed by atoms with Crippen molar-refractivity contribution in [2.45, 2.75) is 19.1 Å². The van der Waals surface area contributed by atoms with Crippen molar-refractivity contribution in [3.05, 3.63) is 84.0 Å². The maximum atomic E-state index is 13.8. The van der Waals surface area contributed by atoms with Gasteiger partial charge in [-0.25, -0.2) is 9.97 Å². The number of benzene rings is 2. The summed E-state index contributed by atoms with van der Waals surface area (Å²) in [5, 5.41) is 0.750. The number of ketones is 2. The van der Waals surface area contributed by atoms with Gasteiger partial charge in [0.1, 0.15) is 0 Å². The predicted molar refractivity (Wildman–Crippen MR) is 129 cm³/mol. The lowest BCUT2D eigenvalue weighted by atomic mass is 9.85. The number of rotatable bonds is 5. The highest BCUT2D eigenvalue weighted by molar-refractivity contribution is 6.30. The molecule has 0 saturated carbocycles. The van der Waals surface area contributed by atoms with Crippen molar-refractivity contribution in [2.24, 2.45) is 0 Å². The molecular formula is C26H22N6O4. The van der Waals surface area contributed by atoms with Gasteiger partial charge in [0, 0.05) is 70.9 Å². The van der Waals surface area contributed by atoms with Crippen LogP contribution in [0, 0.1) is 0 Å². The summed E-state index contributed by atoms with van der Waals surface area (Å²) in [4.78, 5) is 65.0. The molecule has 0 spiro atoms. The quantitative estimate of drug-likeness (QED) is 0.402. The molecule has 6 rings (SSSR count). The highest BCUT2D eigenvalue weighted by atomic mass is 16.2. The zero-order valence-electron chi connectivity index (χ0n) is 19.5. The highest BCUT2D eigenvalue weighted by Gasteiger charge is 2.38. The Morgan fingerprint density at radius 2 is 1.44 bits per heavy atom. The number of Topliss-reactive ketones (excluding diaryl/α,β-unsaturated/α-hetero) is 2. The van der Waals surface area contributed by atoms with E-state index in [4.69, 9.17) is 0 Å². The molecule has 4 aromatic rings. The van der Waals surface area contributed by atoms with Gasteiger partial charge in [0.05, 0.1) is 19.2 Å². The smallest absolute Gasteiger partial charge is 0.261 e. The Labute approximate surface area is 205 Å². The molecule has 2 amide bonds. The number of aromatic nitrogens is 4. The predicted octanol–water partition coefficient (Wildman–Crippen LogP) is 2.43. The van der Waals surface area contributed by atoms with Gasteiger partial charge in [-0.1, -0.05) is 0 Å². The van der Waals surface area contributed by atoms with Crippen molar-refractivity contribution in [2.75, 3.05) is 20.1 Å². The van der Waals surface area contributed by atoms with Crippen molar-refractivity contribution < 1.29 is 19.2 Å². The van der Waals surface area contributed by atoms with Crippen LogP contribution < -0.4 is 0 Å². The third-order valence-electron chi connectivity index (χ3n) is 6.89. The molecule has 10 nitrogen and oxygen atoms in total. The Bertz CT molecular complexity index is 1520. The van der Waals surface area contributed by atoms with Crippen molar-refractivity contribution in [1.82, 2.24) is 28.9 Å². The third kappa shape index (κ3) is 3.29. The maximum absolute atomic E-state index is 13.8. The third-order valence-corrected chi connectivity index (χ3v) is 6.89. The summed E-state index contributed by atoms with van der Waals surface area (Å²) < 4.78 is 3.53. The molecule has 2 aliphatic rings. The van der Waals surface area contributed by atoms with Crippen LogP contribution in [0.15, 0.2) is 61.7 Å². The van der Waals surface area contributed by atoms with Crippen molar-refractivity contribution >= 4 is 34.2 Å². The fourth-order valence-corrected chi connectivity index (χ4v) is 5.22. The van der Waals surface area contributed by atoms with E-state index >= 15 is 0 Å². The van der Waals surface area contributed by atoms with Crippen LogP contribution in [0.5, 0.6) is 0 Å². The average Bonchev–Trinajstić information content (AvgIpc) is 3.58. The van der Waals surface area contributed by atoms with E-state index in [9.17, 15) is 19.2 Å². The van der Waals surface area contributed by atoms with E-state index in [0.29, 0.717) is 46.0 Å². The summed E-state index contributed by atoms with van der Waals surface area (Å²) in [6.07, 6.45) is 9.75. The van der Waals surface area contributed by atoms with Crippen LogP contribution in [-0.2, 0) is 6.54 Å². The maximum Gasteiger partial charge on any atom is 0.261 e. The zero-order chi connectivity index (χ0) is 25.0. The zero-order valence-corrected chi connectivity index (χ0v) is 19.5. The Morgan fingerprint density at radius 3 is 2.11 bits per heavy atom. The normalized spacial score (nSPS) is 18.1. The van der Waals surface area contributed by atoms with Gasteiger partial charge in [0.25, 0.3) is 11.8 Å². The largest absolute Gasteiger partial charge is 0.337 e. The van der Waals surface area contributed by atoms with E-state index < -0.39 is 18.0 Å². The number of imide groups is 1. The number of carbonyl (C=O) groups is 4. The molecule has 0 fully saturated rings. The number of imidazole rings is 2. The minimum absolute atomic E-state index is 0.00499. The molecule has 2 aromatic heterocycles. The molecule has 0 aliphatic carbocycles. The second kappa shape index (κ2) is 8.35. The minimum Gasteiger partial charge on any atom is -0.337 e. The molecule has 1 unspecified atom stereocenters. The molecule has 0 N–H and O–H groups in total. The molecule has 2 aliphatic heterocycles. The molecule has 1 atom stereocenters. The van der Waals surface area contributed by atoms with Gasteiger partial charge >= 0.3 is 0 Å². The van der Waals surface area contributed by atoms with Gasteiger partial charge in [-0.05, 0) is 37.7 Å². The van der Waals surface area contributed by atoms with Crippen LogP contribution in [0.25, 0.3) is 10.8 Å². The number of aryl methyl sites for hydroxylation is 1. The Kier molecular flexibility index (Phi) is 5.11. The van der Waals surface area contributed by atoms with Crippen LogP contribution >= 0.6 is 0 Å².